The number of amides is 1. The van der Waals surface area contributed by atoms with Crippen LogP contribution in [-0.2, 0) is 4.79 Å². The third-order valence-electron chi connectivity index (χ3n) is 4.02. The predicted molar refractivity (Wildman–Crippen MR) is 84.9 cm³/mol. The number of aromatic nitrogens is 3. The molecule has 1 saturated heterocycles. The van der Waals surface area contributed by atoms with E-state index in [4.69, 9.17) is 11.6 Å². The molecule has 0 unspecified atom stereocenters. The van der Waals surface area contributed by atoms with E-state index in [-0.39, 0.29) is 17.0 Å². The maximum atomic E-state index is 13.2. The van der Waals surface area contributed by atoms with E-state index in [1.807, 2.05) is 0 Å². The summed E-state index contributed by atoms with van der Waals surface area (Å²) < 4.78 is 14.8. The Morgan fingerprint density at radius 3 is 3.04 bits per heavy atom. The lowest BCUT2D eigenvalue weighted by molar-refractivity contribution is -0.124. The molecule has 2 aromatic rings. The summed E-state index contributed by atoms with van der Waals surface area (Å²) in [6.07, 6.45) is 3.75. The average molecular weight is 338 g/mol. The van der Waals surface area contributed by atoms with Crippen LogP contribution in [0, 0.1) is 5.82 Å². The summed E-state index contributed by atoms with van der Waals surface area (Å²) in [5, 5.41) is 7.10. The second kappa shape index (κ2) is 6.54. The molecule has 1 amide bonds. The van der Waals surface area contributed by atoms with Crippen molar-refractivity contribution in [3.05, 3.63) is 41.7 Å². The molecule has 23 heavy (non-hydrogen) atoms. The molecule has 0 saturated carbocycles. The molecular weight excluding hydrogens is 321 g/mol. The smallest absolute Gasteiger partial charge is 0.244 e. The Morgan fingerprint density at radius 2 is 2.35 bits per heavy atom. The third-order valence-corrected chi connectivity index (χ3v) is 4.31. The van der Waals surface area contributed by atoms with E-state index in [0.29, 0.717) is 6.54 Å². The van der Waals surface area contributed by atoms with Crippen LogP contribution in [0.25, 0.3) is 0 Å². The van der Waals surface area contributed by atoms with Crippen LogP contribution >= 0.6 is 11.6 Å². The van der Waals surface area contributed by atoms with Gasteiger partial charge in [-0.05, 0) is 31.5 Å². The zero-order valence-electron chi connectivity index (χ0n) is 12.6. The summed E-state index contributed by atoms with van der Waals surface area (Å²) in [5.41, 5.74) is 0.859. The number of nitrogens with zero attached hydrogens (tertiary/aromatic N) is 4. The van der Waals surface area contributed by atoms with Crippen LogP contribution < -0.4 is 10.2 Å². The van der Waals surface area contributed by atoms with Gasteiger partial charge in [-0.3, -0.25) is 4.79 Å². The van der Waals surface area contributed by atoms with Crippen LogP contribution in [0.2, 0.25) is 5.02 Å². The maximum absolute atomic E-state index is 13.2. The highest BCUT2D eigenvalue weighted by atomic mass is 35.5. The molecule has 1 aromatic carbocycles. The summed E-state index contributed by atoms with van der Waals surface area (Å²) in [6, 6.07) is 4.29. The second-order valence-corrected chi connectivity index (χ2v) is 6.00. The van der Waals surface area contributed by atoms with E-state index in [1.165, 1.54) is 23.4 Å². The van der Waals surface area contributed by atoms with Gasteiger partial charge < -0.3 is 10.2 Å². The van der Waals surface area contributed by atoms with E-state index >= 15 is 0 Å². The van der Waals surface area contributed by atoms with Crippen LogP contribution in [0.3, 0.4) is 0 Å². The van der Waals surface area contributed by atoms with Crippen LogP contribution in [0.1, 0.15) is 19.4 Å². The van der Waals surface area contributed by atoms with Crippen LogP contribution in [-0.4, -0.2) is 39.8 Å². The van der Waals surface area contributed by atoms with Gasteiger partial charge in [0, 0.05) is 24.8 Å². The molecule has 2 atom stereocenters. The van der Waals surface area contributed by atoms with Gasteiger partial charge in [0.05, 0.1) is 5.02 Å². The first-order chi connectivity index (χ1) is 11.0. The van der Waals surface area contributed by atoms with Crippen molar-refractivity contribution in [3.8, 4) is 0 Å². The van der Waals surface area contributed by atoms with Crippen LogP contribution in [0.5, 0.6) is 0 Å². The Labute approximate surface area is 138 Å². The summed E-state index contributed by atoms with van der Waals surface area (Å²) in [7, 11) is 0. The van der Waals surface area contributed by atoms with Crippen molar-refractivity contribution in [2.24, 2.45) is 0 Å². The van der Waals surface area contributed by atoms with E-state index in [1.54, 1.807) is 19.1 Å². The highest BCUT2D eigenvalue weighted by Crippen LogP contribution is 2.25. The normalized spacial score (nSPS) is 18.9. The first-order valence-corrected chi connectivity index (χ1v) is 7.77. The number of rotatable bonds is 4. The summed E-state index contributed by atoms with van der Waals surface area (Å²) >= 11 is 5.82. The van der Waals surface area contributed by atoms with Gasteiger partial charge in [0.15, 0.2) is 0 Å². The molecule has 6 nitrogen and oxygen atoms in total. The van der Waals surface area contributed by atoms with Crippen molar-refractivity contribution in [2.45, 2.75) is 25.4 Å². The average Bonchev–Trinajstić information content (AvgIpc) is 3.20. The first-order valence-electron chi connectivity index (χ1n) is 7.39. The van der Waals surface area contributed by atoms with Crippen LogP contribution in [0.15, 0.2) is 30.9 Å². The highest BCUT2D eigenvalue weighted by molar-refractivity contribution is 6.31. The third kappa shape index (κ3) is 3.44. The molecule has 1 aromatic heterocycles. The lowest BCUT2D eigenvalue weighted by Gasteiger charge is -2.20. The number of hydrogen-bond donors (Lipinski definition) is 1. The molecule has 0 spiro atoms. The summed E-state index contributed by atoms with van der Waals surface area (Å²) in [4.78, 5) is 18.2. The molecule has 0 bridgehead atoms. The van der Waals surface area contributed by atoms with Gasteiger partial charge in [-0.1, -0.05) is 11.6 Å². The fourth-order valence-electron chi connectivity index (χ4n) is 2.65. The topological polar surface area (TPSA) is 63.1 Å². The molecule has 122 valence electrons. The first kappa shape index (κ1) is 15.7. The molecule has 0 aliphatic carbocycles. The minimum Gasteiger partial charge on any atom is -0.369 e. The monoisotopic (exact) mass is 337 g/mol. The summed E-state index contributed by atoms with van der Waals surface area (Å²) in [6.45, 7) is 3.22. The Morgan fingerprint density at radius 1 is 1.52 bits per heavy atom. The standard InChI is InChI=1S/C15H17ClFN5O/c1-10(22-9-18-8-19-22)15(23)20-11-4-5-21(7-11)12-2-3-14(17)13(16)6-12/h2-3,6,8-11H,4-5,7H2,1H3,(H,20,23)/t10-,11-/m0/s1. The number of benzene rings is 1. The molecule has 3 rings (SSSR count). The number of carbonyl (C=O) groups is 1. The van der Waals surface area contributed by atoms with Crippen molar-refractivity contribution in [1.29, 1.82) is 0 Å². The molecule has 1 aliphatic rings. The minimum absolute atomic E-state index is 0.0392. The van der Waals surface area contributed by atoms with Crippen molar-refractivity contribution < 1.29 is 9.18 Å². The van der Waals surface area contributed by atoms with Crippen molar-refractivity contribution in [3.63, 3.8) is 0 Å². The van der Waals surface area contributed by atoms with Crippen LogP contribution in [0.4, 0.5) is 10.1 Å². The van der Waals surface area contributed by atoms with Crippen molar-refractivity contribution in [2.75, 3.05) is 18.0 Å². The Kier molecular flexibility index (Phi) is 4.47. The maximum Gasteiger partial charge on any atom is 0.244 e. The van der Waals surface area contributed by atoms with Gasteiger partial charge in [0.25, 0.3) is 0 Å². The van der Waals surface area contributed by atoms with Gasteiger partial charge in [0.2, 0.25) is 5.91 Å². The number of nitrogens with one attached hydrogen (secondary N) is 1. The number of carbonyl (C=O) groups excluding carboxylic acids is 1. The molecular formula is C15H17ClFN5O. The van der Waals surface area contributed by atoms with Gasteiger partial charge in [0.1, 0.15) is 24.5 Å². The number of hydrogen-bond acceptors (Lipinski definition) is 4. The molecule has 1 aliphatic heterocycles. The lowest BCUT2D eigenvalue weighted by Crippen LogP contribution is -2.40. The Hall–Kier alpha value is -2.15. The van der Waals surface area contributed by atoms with Gasteiger partial charge in [-0.2, -0.15) is 5.10 Å². The highest BCUT2D eigenvalue weighted by Gasteiger charge is 2.26. The van der Waals surface area contributed by atoms with Crippen molar-refractivity contribution >= 4 is 23.2 Å². The molecule has 8 heteroatoms. The van der Waals surface area contributed by atoms with E-state index in [0.717, 1.165) is 18.7 Å². The second-order valence-electron chi connectivity index (χ2n) is 5.59. The van der Waals surface area contributed by atoms with E-state index < -0.39 is 11.9 Å². The van der Waals surface area contributed by atoms with Gasteiger partial charge in [-0.15, -0.1) is 0 Å². The lowest BCUT2D eigenvalue weighted by atomic mass is 10.2. The van der Waals surface area contributed by atoms with Gasteiger partial charge >= 0.3 is 0 Å². The number of halogens is 2. The quantitative estimate of drug-likeness (QED) is 0.927. The van der Waals surface area contributed by atoms with Gasteiger partial charge in [-0.25, -0.2) is 14.1 Å². The summed E-state index contributed by atoms with van der Waals surface area (Å²) in [5.74, 6) is -0.527. The predicted octanol–water partition coefficient (Wildman–Crippen LogP) is 2.03. The Balaban J connectivity index is 1.59. The zero-order valence-corrected chi connectivity index (χ0v) is 13.4. The molecule has 2 heterocycles. The Bertz CT molecular complexity index is 693. The minimum atomic E-state index is -0.430. The fraction of sp³-hybridized carbons (Fsp3) is 0.400. The largest absolute Gasteiger partial charge is 0.369 e. The molecule has 1 N–H and O–H groups in total. The molecule has 0 radical (unpaired) electrons. The zero-order chi connectivity index (χ0) is 16.4. The fourth-order valence-corrected chi connectivity index (χ4v) is 2.83. The van der Waals surface area contributed by atoms with E-state index in [9.17, 15) is 9.18 Å². The molecule has 1 fully saturated rings. The van der Waals surface area contributed by atoms with Crippen molar-refractivity contribution in [1.82, 2.24) is 20.1 Å². The van der Waals surface area contributed by atoms with E-state index in [2.05, 4.69) is 20.3 Å². The SMILES string of the molecule is C[C@@H](C(=O)N[C@H]1CCN(c2ccc(F)c(Cl)c2)C1)n1cncn1. The number of anilines is 1.